The van der Waals surface area contributed by atoms with Crippen molar-refractivity contribution < 1.29 is 0 Å². The lowest BCUT2D eigenvalue weighted by molar-refractivity contribution is 0.544. The fraction of sp³-hybridized carbons (Fsp3) is 0.214. The van der Waals surface area contributed by atoms with Crippen LogP contribution in [0, 0.1) is 0 Å². The van der Waals surface area contributed by atoms with Crippen LogP contribution in [-0.4, -0.2) is 9.55 Å². The van der Waals surface area contributed by atoms with Gasteiger partial charge in [0.2, 0.25) is 0 Å². The van der Waals surface area contributed by atoms with E-state index in [1.54, 1.807) is 0 Å². The molecule has 1 atom stereocenters. The molecule has 0 bridgehead atoms. The molecule has 0 aliphatic rings. The Labute approximate surface area is 113 Å². The van der Waals surface area contributed by atoms with Crippen molar-refractivity contribution in [3.8, 4) is 0 Å². The molecule has 0 aliphatic carbocycles. The number of halogens is 1. The van der Waals surface area contributed by atoms with Gasteiger partial charge in [0.25, 0.3) is 0 Å². The lowest BCUT2D eigenvalue weighted by Crippen LogP contribution is -2.05. The third kappa shape index (κ3) is 3.56. The number of benzene rings is 1. The minimum absolute atomic E-state index is 0. The molecule has 0 aliphatic heterocycles. The number of hydrogen-bond acceptors (Lipinski definition) is 1. The van der Waals surface area contributed by atoms with Crippen LogP contribution < -0.4 is 0 Å². The van der Waals surface area contributed by atoms with Gasteiger partial charge in [-0.25, -0.2) is 4.98 Å². The van der Waals surface area contributed by atoms with E-state index in [1.165, 1.54) is 11.1 Å². The molecule has 1 unspecified atom stereocenters. The second-order valence-corrected chi connectivity index (χ2v) is 4.01. The topological polar surface area (TPSA) is 17.8 Å². The SMILES string of the molecule is Br.C=Cc1ccc(CC(C)n2ccnc2)cc1. The molecule has 0 radical (unpaired) electrons. The van der Waals surface area contributed by atoms with Crippen LogP contribution in [0.15, 0.2) is 49.6 Å². The summed E-state index contributed by atoms with van der Waals surface area (Å²) in [6.07, 6.45) is 8.57. The van der Waals surface area contributed by atoms with Crippen molar-refractivity contribution in [1.29, 1.82) is 0 Å². The van der Waals surface area contributed by atoms with Crippen LogP contribution in [-0.2, 0) is 6.42 Å². The second kappa shape index (κ2) is 6.40. The molecule has 0 N–H and O–H groups in total. The first kappa shape index (κ1) is 13.7. The Morgan fingerprint density at radius 2 is 2.06 bits per heavy atom. The largest absolute Gasteiger partial charge is 0.334 e. The van der Waals surface area contributed by atoms with Gasteiger partial charge in [0.15, 0.2) is 0 Å². The Bertz CT molecular complexity index is 446. The van der Waals surface area contributed by atoms with Gasteiger partial charge in [-0.3, -0.25) is 0 Å². The van der Waals surface area contributed by atoms with E-state index in [4.69, 9.17) is 0 Å². The fourth-order valence-electron chi connectivity index (χ4n) is 1.77. The van der Waals surface area contributed by atoms with Crippen molar-refractivity contribution in [3.05, 3.63) is 60.7 Å². The third-order valence-corrected chi connectivity index (χ3v) is 2.78. The predicted molar refractivity (Wildman–Crippen MR) is 77.5 cm³/mol. The molecule has 17 heavy (non-hydrogen) atoms. The predicted octanol–water partition coefficient (Wildman–Crippen LogP) is 3.91. The van der Waals surface area contributed by atoms with Crippen LogP contribution in [0.5, 0.6) is 0 Å². The van der Waals surface area contributed by atoms with Crippen molar-refractivity contribution in [2.24, 2.45) is 0 Å². The van der Waals surface area contributed by atoms with E-state index < -0.39 is 0 Å². The highest BCUT2D eigenvalue weighted by Crippen LogP contribution is 2.14. The van der Waals surface area contributed by atoms with Crippen molar-refractivity contribution in [3.63, 3.8) is 0 Å². The summed E-state index contributed by atoms with van der Waals surface area (Å²) in [6.45, 7) is 5.95. The zero-order valence-electron chi connectivity index (χ0n) is 9.91. The van der Waals surface area contributed by atoms with Gasteiger partial charge in [-0.15, -0.1) is 17.0 Å². The van der Waals surface area contributed by atoms with Gasteiger partial charge in [-0.1, -0.05) is 36.9 Å². The molecule has 2 aromatic rings. The maximum Gasteiger partial charge on any atom is 0.0948 e. The van der Waals surface area contributed by atoms with Crippen LogP contribution in [0.1, 0.15) is 24.1 Å². The van der Waals surface area contributed by atoms with Gasteiger partial charge in [0.1, 0.15) is 0 Å². The molecule has 0 amide bonds. The Kier molecular flexibility index (Phi) is 5.16. The highest BCUT2D eigenvalue weighted by molar-refractivity contribution is 8.93. The summed E-state index contributed by atoms with van der Waals surface area (Å²) in [5.74, 6) is 0. The molecule has 2 rings (SSSR count). The van der Waals surface area contributed by atoms with Gasteiger partial charge >= 0.3 is 0 Å². The van der Waals surface area contributed by atoms with Gasteiger partial charge < -0.3 is 4.57 Å². The minimum atomic E-state index is 0. The molecule has 0 saturated carbocycles. The third-order valence-electron chi connectivity index (χ3n) is 2.78. The maximum atomic E-state index is 4.06. The highest BCUT2D eigenvalue weighted by atomic mass is 79.9. The zero-order chi connectivity index (χ0) is 11.4. The zero-order valence-corrected chi connectivity index (χ0v) is 11.6. The number of aromatic nitrogens is 2. The molecule has 0 fully saturated rings. The lowest BCUT2D eigenvalue weighted by atomic mass is 10.1. The molecule has 1 heterocycles. The normalized spacial score (nSPS) is 11.6. The van der Waals surface area contributed by atoms with Gasteiger partial charge in [-0.05, 0) is 24.5 Å². The van der Waals surface area contributed by atoms with Crippen molar-refractivity contribution >= 4 is 23.1 Å². The average molecular weight is 293 g/mol. The molecular formula is C14H17BrN2. The van der Waals surface area contributed by atoms with Gasteiger partial charge in [0, 0.05) is 18.4 Å². The van der Waals surface area contributed by atoms with Crippen molar-refractivity contribution in [2.75, 3.05) is 0 Å². The Hall–Kier alpha value is -1.35. The maximum absolute atomic E-state index is 4.06. The molecule has 0 spiro atoms. The van der Waals surface area contributed by atoms with Gasteiger partial charge in [0.05, 0.1) is 6.33 Å². The summed E-state index contributed by atoms with van der Waals surface area (Å²) in [7, 11) is 0. The first-order valence-corrected chi connectivity index (χ1v) is 5.48. The van der Waals surface area contributed by atoms with E-state index in [0.29, 0.717) is 6.04 Å². The number of imidazole rings is 1. The fourth-order valence-corrected chi connectivity index (χ4v) is 1.77. The van der Waals surface area contributed by atoms with Crippen molar-refractivity contribution in [1.82, 2.24) is 9.55 Å². The van der Waals surface area contributed by atoms with E-state index in [1.807, 2.05) is 24.8 Å². The number of hydrogen-bond donors (Lipinski definition) is 0. The average Bonchev–Trinajstić information content (AvgIpc) is 2.83. The summed E-state index contributed by atoms with van der Waals surface area (Å²) in [5, 5.41) is 0. The molecule has 1 aromatic heterocycles. The first-order valence-electron chi connectivity index (χ1n) is 5.48. The second-order valence-electron chi connectivity index (χ2n) is 4.01. The molecule has 1 aromatic carbocycles. The summed E-state index contributed by atoms with van der Waals surface area (Å²) in [4.78, 5) is 4.06. The first-order chi connectivity index (χ1) is 7.79. The van der Waals surface area contributed by atoms with Crippen LogP contribution in [0.3, 0.4) is 0 Å². The van der Waals surface area contributed by atoms with E-state index >= 15 is 0 Å². The molecule has 2 nitrogen and oxygen atoms in total. The standard InChI is InChI=1S/C14H16N2.BrH/c1-3-13-4-6-14(7-5-13)10-12(2)16-9-8-15-11-16;/h3-9,11-12H,1,10H2,2H3;1H. The van der Waals surface area contributed by atoms with E-state index in [9.17, 15) is 0 Å². The van der Waals surface area contributed by atoms with E-state index in [2.05, 4.69) is 47.3 Å². The Balaban J connectivity index is 0.00000144. The number of rotatable bonds is 4. The van der Waals surface area contributed by atoms with E-state index in [0.717, 1.165) is 6.42 Å². The van der Waals surface area contributed by atoms with E-state index in [-0.39, 0.29) is 17.0 Å². The number of nitrogens with zero attached hydrogens (tertiary/aromatic N) is 2. The summed E-state index contributed by atoms with van der Waals surface area (Å²) >= 11 is 0. The molecular weight excluding hydrogens is 276 g/mol. The summed E-state index contributed by atoms with van der Waals surface area (Å²) < 4.78 is 2.13. The minimum Gasteiger partial charge on any atom is -0.334 e. The smallest absolute Gasteiger partial charge is 0.0948 e. The summed E-state index contributed by atoms with van der Waals surface area (Å²) in [5.41, 5.74) is 2.51. The van der Waals surface area contributed by atoms with Crippen LogP contribution in [0.25, 0.3) is 6.08 Å². The highest BCUT2D eigenvalue weighted by Gasteiger charge is 2.04. The molecule has 0 saturated heterocycles. The van der Waals surface area contributed by atoms with Crippen LogP contribution >= 0.6 is 17.0 Å². The molecule has 90 valence electrons. The monoisotopic (exact) mass is 292 g/mol. The molecule has 3 heteroatoms. The quantitative estimate of drug-likeness (QED) is 0.835. The van der Waals surface area contributed by atoms with Crippen LogP contribution in [0.2, 0.25) is 0 Å². The lowest BCUT2D eigenvalue weighted by Gasteiger charge is -2.12. The van der Waals surface area contributed by atoms with Gasteiger partial charge in [-0.2, -0.15) is 0 Å². The Morgan fingerprint density at radius 3 is 2.59 bits per heavy atom. The Morgan fingerprint density at radius 1 is 1.35 bits per heavy atom. The van der Waals surface area contributed by atoms with Crippen LogP contribution in [0.4, 0.5) is 0 Å². The summed E-state index contributed by atoms with van der Waals surface area (Å²) in [6, 6.07) is 8.96. The van der Waals surface area contributed by atoms with Crippen molar-refractivity contribution in [2.45, 2.75) is 19.4 Å².